The second-order valence-corrected chi connectivity index (χ2v) is 7.80. The molecule has 0 aliphatic rings. The van der Waals surface area contributed by atoms with Gasteiger partial charge < -0.3 is 13.9 Å². The molecule has 0 amide bonds. The van der Waals surface area contributed by atoms with Gasteiger partial charge in [-0.1, -0.05) is 25.3 Å². The molecule has 3 rings (SSSR count). The van der Waals surface area contributed by atoms with Crippen molar-refractivity contribution >= 4 is 23.1 Å². The Bertz CT molecular complexity index is 1240. The molecule has 3 aromatic rings. The van der Waals surface area contributed by atoms with Crippen LogP contribution in [-0.2, 0) is 9.59 Å². The van der Waals surface area contributed by atoms with Crippen molar-refractivity contribution in [1.82, 2.24) is 0 Å². The minimum atomic E-state index is -0.457. The summed E-state index contributed by atoms with van der Waals surface area (Å²) in [6, 6.07) is 18.2. The van der Waals surface area contributed by atoms with Gasteiger partial charge in [-0.25, -0.2) is 9.59 Å². The Labute approximate surface area is 193 Å². The third-order valence-corrected chi connectivity index (χ3v) is 5.08. The van der Waals surface area contributed by atoms with E-state index in [1.807, 2.05) is 50.2 Å². The fourth-order valence-electron chi connectivity index (χ4n) is 2.94. The zero-order valence-corrected chi connectivity index (χ0v) is 19.2. The summed E-state index contributed by atoms with van der Waals surface area (Å²) in [5, 5.41) is 0. The number of furan rings is 1. The molecule has 1 heterocycles. The highest BCUT2D eigenvalue weighted by atomic mass is 16.5. The number of ether oxygens (including phenoxy) is 2. The van der Waals surface area contributed by atoms with Gasteiger partial charge in [0.05, 0.1) is 0 Å². The standard InChI is InChI=1S/C28H26O5/c1-17(2)27(29)31-23-11-7-21(8-12-23)19(5)20(6)25-15-16-26(33-25)22-9-13-24(14-10-22)32-28(30)18(3)4/h7-16H,1,3H2,2,4-6H3. The first-order valence-corrected chi connectivity index (χ1v) is 10.4. The van der Waals surface area contributed by atoms with Gasteiger partial charge in [-0.15, -0.1) is 0 Å². The van der Waals surface area contributed by atoms with Gasteiger partial charge in [0.15, 0.2) is 0 Å². The van der Waals surface area contributed by atoms with Crippen molar-refractivity contribution in [3.63, 3.8) is 0 Å². The average molecular weight is 443 g/mol. The van der Waals surface area contributed by atoms with Gasteiger partial charge in [0.2, 0.25) is 0 Å². The Balaban J connectivity index is 1.76. The fourth-order valence-corrected chi connectivity index (χ4v) is 2.94. The molecule has 0 N–H and O–H groups in total. The van der Waals surface area contributed by atoms with E-state index in [9.17, 15) is 9.59 Å². The molecule has 5 nitrogen and oxygen atoms in total. The predicted octanol–water partition coefficient (Wildman–Crippen LogP) is 6.86. The number of rotatable bonds is 7. The average Bonchev–Trinajstić information content (AvgIpc) is 3.29. The van der Waals surface area contributed by atoms with Crippen molar-refractivity contribution in [2.75, 3.05) is 0 Å². The third-order valence-electron chi connectivity index (χ3n) is 5.08. The maximum atomic E-state index is 11.7. The normalized spacial score (nSPS) is 11.4. The second kappa shape index (κ2) is 10.0. The zero-order valence-electron chi connectivity index (χ0n) is 19.2. The summed E-state index contributed by atoms with van der Waals surface area (Å²) in [6.07, 6.45) is 0. The first kappa shape index (κ1) is 23.5. The third kappa shape index (κ3) is 5.77. The minimum absolute atomic E-state index is 0.343. The molecule has 1 aromatic heterocycles. The van der Waals surface area contributed by atoms with Crippen LogP contribution in [0.3, 0.4) is 0 Å². The molecule has 168 valence electrons. The molecular formula is C28H26O5. The minimum Gasteiger partial charge on any atom is -0.456 e. The summed E-state index contributed by atoms with van der Waals surface area (Å²) in [5.41, 5.74) is 4.57. The van der Waals surface area contributed by atoms with E-state index in [0.29, 0.717) is 28.4 Å². The Morgan fingerprint density at radius 2 is 1.15 bits per heavy atom. The van der Waals surface area contributed by atoms with E-state index in [0.717, 1.165) is 28.0 Å². The summed E-state index contributed by atoms with van der Waals surface area (Å²) >= 11 is 0. The van der Waals surface area contributed by atoms with Crippen LogP contribution < -0.4 is 9.47 Å². The fraction of sp³-hybridized carbons (Fsp3) is 0.143. The summed E-state index contributed by atoms with van der Waals surface area (Å²) in [7, 11) is 0. The van der Waals surface area contributed by atoms with Crippen molar-refractivity contribution < 1.29 is 23.5 Å². The number of esters is 2. The molecule has 0 saturated heterocycles. The SMILES string of the molecule is C=C(C)C(=O)Oc1ccc(C(C)=C(C)c2ccc(-c3ccc(OC(=O)C(=C)C)cc3)o2)cc1. The van der Waals surface area contributed by atoms with E-state index < -0.39 is 11.9 Å². The van der Waals surface area contributed by atoms with E-state index in [4.69, 9.17) is 13.9 Å². The van der Waals surface area contributed by atoms with Crippen LogP contribution in [0.4, 0.5) is 0 Å². The Morgan fingerprint density at radius 1 is 0.667 bits per heavy atom. The van der Waals surface area contributed by atoms with Gasteiger partial charge in [0, 0.05) is 16.7 Å². The molecule has 0 radical (unpaired) electrons. The van der Waals surface area contributed by atoms with Crippen LogP contribution in [0.1, 0.15) is 39.0 Å². The van der Waals surface area contributed by atoms with Gasteiger partial charge in [-0.3, -0.25) is 0 Å². The lowest BCUT2D eigenvalue weighted by atomic mass is 10.0. The van der Waals surface area contributed by atoms with Gasteiger partial charge in [0.1, 0.15) is 23.0 Å². The van der Waals surface area contributed by atoms with Crippen LogP contribution in [-0.4, -0.2) is 11.9 Å². The maximum Gasteiger partial charge on any atom is 0.338 e. The summed E-state index contributed by atoms with van der Waals surface area (Å²) in [5.74, 6) is 1.46. The lowest BCUT2D eigenvalue weighted by Gasteiger charge is -2.08. The van der Waals surface area contributed by atoms with Crippen molar-refractivity contribution in [2.24, 2.45) is 0 Å². The monoisotopic (exact) mass is 442 g/mol. The van der Waals surface area contributed by atoms with E-state index in [2.05, 4.69) is 13.2 Å². The summed E-state index contributed by atoms with van der Waals surface area (Å²) in [6.45, 7) is 14.4. The van der Waals surface area contributed by atoms with E-state index in [1.54, 1.807) is 38.1 Å². The lowest BCUT2D eigenvalue weighted by Crippen LogP contribution is -2.07. The van der Waals surface area contributed by atoms with Gasteiger partial charge in [-0.05, 0) is 92.9 Å². The number of benzene rings is 2. The number of allylic oxidation sites excluding steroid dienone is 2. The molecule has 0 saturated carbocycles. The number of hydrogen-bond donors (Lipinski definition) is 0. The molecule has 2 aromatic carbocycles. The largest absolute Gasteiger partial charge is 0.456 e. The summed E-state index contributed by atoms with van der Waals surface area (Å²) in [4.78, 5) is 23.3. The van der Waals surface area contributed by atoms with Crippen molar-refractivity contribution in [3.8, 4) is 22.8 Å². The quantitative estimate of drug-likeness (QED) is 0.227. The molecule has 0 bridgehead atoms. The topological polar surface area (TPSA) is 65.7 Å². The highest BCUT2D eigenvalue weighted by Gasteiger charge is 2.12. The van der Waals surface area contributed by atoms with E-state index in [-0.39, 0.29) is 0 Å². The molecule has 33 heavy (non-hydrogen) atoms. The predicted molar refractivity (Wildman–Crippen MR) is 130 cm³/mol. The van der Waals surface area contributed by atoms with Crippen molar-refractivity contribution in [3.05, 3.63) is 96.3 Å². The zero-order chi connectivity index (χ0) is 24.1. The molecule has 0 aliphatic carbocycles. The highest BCUT2D eigenvalue weighted by Crippen LogP contribution is 2.31. The van der Waals surface area contributed by atoms with E-state index in [1.165, 1.54) is 0 Å². The molecule has 0 unspecified atom stereocenters. The van der Waals surface area contributed by atoms with Crippen LogP contribution in [0.2, 0.25) is 0 Å². The lowest BCUT2D eigenvalue weighted by molar-refractivity contribution is -0.130. The van der Waals surface area contributed by atoms with Crippen LogP contribution in [0.5, 0.6) is 11.5 Å². The Kier molecular flexibility index (Phi) is 7.13. The highest BCUT2D eigenvalue weighted by molar-refractivity contribution is 5.90. The van der Waals surface area contributed by atoms with Crippen LogP contribution in [0, 0.1) is 0 Å². The van der Waals surface area contributed by atoms with Gasteiger partial charge in [0.25, 0.3) is 0 Å². The van der Waals surface area contributed by atoms with Crippen molar-refractivity contribution in [2.45, 2.75) is 27.7 Å². The number of carbonyl (C=O) groups excluding carboxylic acids is 2. The first-order valence-electron chi connectivity index (χ1n) is 10.4. The van der Waals surface area contributed by atoms with Crippen LogP contribution in [0.25, 0.3) is 22.5 Å². The maximum absolute atomic E-state index is 11.7. The van der Waals surface area contributed by atoms with Gasteiger partial charge >= 0.3 is 11.9 Å². The molecule has 0 fully saturated rings. The number of hydrogen-bond acceptors (Lipinski definition) is 5. The molecule has 5 heteroatoms. The molecule has 0 aliphatic heterocycles. The first-order chi connectivity index (χ1) is 15.7. The van der Waals surface area contributed by atoms with E-state index >= 15 is 0 Å². The van der Waals surface area contributed by atoms with Crippen molar-refractivity contribution in [1.29, 1.82) is 0 Å². The van der Waals surface area contributed by atoms with Crippen LogP contribution in [0.15, 0.2) is 89.4 Å². The number of carbonyl (C=O) groups is 2. The smallest absolute Gasteiger partial charge is 0.338 e. The van der Waals surface area contributed by atoms with Gasteiger partial charge in [-0.2, -0.15) is 0 Å². The Hall–Kier alpha value is -4.12. The van der Waals surface area contributed by atoms with Crippen LogP contribution >= 0.6 is 0 Å². The second-order valence-electron chi connectivity index (χ2n) is 7.80. The molecular weight excluding hydrogens is 416 g/mol. The molecule has 0 spiro atoms. The summed E-state index contributed by atoms with van der Waals surface area (Å²) < 4.78 is 16.5. The molecule has 0 atom stereocenters. The Morgan fingerprint density at radius 3 is 1.64 bits per heavy atom.